The largest absolute Gasteiger partial charge is 0.416 e. The first-order chi connectivity index (χ1) is 14.6. The Bertz CT molecular complexity index is 785. The van der Waals surface area contributed by atoms with E-state index in [1.165, 1.54) is 21.9 Å². The van der Waals surface area contributed by atoms with Crippen LogP contribution in [0.5, 0.6) is 0 Å². The van der Waals surface area contributed by atoms with Crippen LogP contribution < -0.4 is 16.4 Å². The number of benzene rings is 1. The molecule has 0 aliphatic carbocycles. The molecule has 172 valence electrons. The molecule has 1 aromatic rings. The van der Waals surface area contributed by atoms with E-state index < -0.39 is 41.8 Å². The van der Waals surface area contributed by atoms with Gasteiger partial charge in [0.05, 0.1) is 12.1 Å². The summed E-state index contributed by atoms with van der Waals surface area (Å²) in [6.07, 6.45) is -3.44. The fourth-order valence-electron chi connectivity index (χ4n) is 3.33. The van der Waals surface area contributed by atoms with E-state index in [4.69, 9.17) is 5.73 Å². The average Bonchev–Trinajstić information content (AvgIpc) is 2.71. The molecule has 1 aromatic carbocycles. The molecule has 0 saturated carbocycles. The zero-order valence-electron chi connectivity index (χ0n) is 17.5. The highest BCUT2D eigenvalue weighted by Gasteiger charge is 2.43. The van der Waals surface area contributed by atoms with E-state index >= 15 is 0 Å². The van der Waals surface area contributed by atoms with Crippen LogP contribution >= 0.6 is 0 Å². The van der Waals surface area contributed by atoms with Crippen molar-refractivity contribution in [2.45, 2.75) is 51.5 Å². The molecule has 4 N–H and O–H groups in total. The fourth-order valence-corrected chi connectivity index (χ4v) is 3.33. The number of amides is 4. The Morgan fingerprint density at radius 3 is 2.39 bits per heavy atom. The lowest BCUT2D eigenvalue weighted by Gasteiger charge is -2.42. The van der Waals surface area contributed by atoms with Crippen molar-refractivity contribution < 1.29 is 27.6 Å². The summed E-state index contributed by atoms with van der Waals surface area (Å²) < 4.78 is 38.1. The van der Waals surface area contributed by atoms with E-state index in [9.17, 15) is 27.6 Å². The number of hydrogen-bond acceptors (Lipinski definition) is 5. The highest BCUT2D eigenvalue weighted by atomic mass is 19.4. The summed E-state index contributed by atoms with van der Waals surface area (Å²) in [5.41, 5.74) is 5.73. The highest BCUT2D eigenvalue weighted by molar-refractivity contribution is 6.02. The van der Waals surface area contributed by atoms with E-state index in [0.29, 0.717) is 25.1 Å². The van der Waals surface area contributed by atoms with Gasteiger partial charge in [0.25, 0.3) is 5.91 Å². The Kier molecular flexibility index (Phi) is 8.26. The summed E-state index contributed by atoms with van der Waals surface area (Å²) >= 11 is 0. The molecule has 0 radical (unpaired) electrons. The molecule has 0 aromatic heterocycles. The van der Waals surface area contributed by atoms with Crippen LogP contribution in [-0.4, -0.2) is 59.5 Å². The first kappa shape index (κ1) is 24.4. The molecule has 0 spiro atoms. The van der Waals surface area contributed by atoms with Crippen molar-refractivity contribution in [3.05, 3.63) is 29.8 Å². The van der Waals surface area contributed by atoms with Crippen molar-refractivity contribution in [3.8, 4) is 0 Å². The van der Waals surface area contributed by atoms with Gasteiger partial charge in [-0.1, -0.05) is 20.3 Å². The molecule has 1 heterocycles. The molecule has 1 aliphatic heterocycles. The van der Waals surface area contributed by atoms with Gasteiger partial charge >= 0.3 is 12.2 Å². The molecule has 8 nitrogen and oxygen atoms in total. The number of imide groups is 1. The van der Waals surface area contributed by atoms with Gasteiger partial charge in [-0.15, -0.1) is 0 Å². The van der Waals surface area contributed by atoms with Crippen molar-refractivity contribution >= 4 is 23.5 Å². The van der Waals surface area contributed by atoms with E-state index in [1.807, 2.05) is 13.8 Å². The third kappa shape index (κ3) is 6.09. The van der Waals surface area contributed by atoms with Crippen LogP contribution in [0.1, 0.15) is 38.7 Å². The van der Waals surface area contributed by atoms with Crippen LogP contribution in [0.25, 0.3) is 0 Å². The third-order valence-corrected chi connectivity index (χ3v) is 4.97. The molecule has 2 unspecified atom stereocenters. The fraction of sp³-hybridized carbons (Fsp3) is 0.550. The number of rotatable bonds is 9. The third-order valence-electron chi connectivity index (χ3n) is 4.97. The quantitative estimate of drug-likeness (QED) is 0.543. The Balaban J connectivity index is 2.14. The van der Waals surface area contributed by atoms with Gasteiger partial charge in [-0.3, -0.25) is 14.9 Å². The summed E-state index contributed by atoms with van der Waals surface area (Å²) in [6, 6.07) is 2.64. The molecule has 1 aliphatic rings. The second kappa shape index (κ2) is 10.5. The topological polar surface area (TPSA) is 108 Å². The first-order valence-electron chi connectivity index (χ1n) is 10.2. The number of urea groups is 1. The zero-order valence-corrected chi connectivity index (χ0v) is 17.5. The molecule has 1 fully saturated rings. The highest BCUT2D eigenvalue weighted by Crippen LogP contribution is 2.29. The molecular weight excluding hydrogens is 415 g/mol. The van der Waals surface area contributed by atoms with Crippen molar-refractivity contribution in [1.29, 1.82) is 0 Å². The predicted octanol–water partition coefficient (Wildman–Crippen LogP) is 2.36. The number of carbonyl (C=O) groups excluding carboxylic acids is 3. The number of carbonyl (C=O) groups is 3. The summed E-state index contributed by atoms with van der Waals surface area (Å²) in [4.78, 5) is 40.2. The van der Waals surface area contributed by atoms with Crippen LogP contribution in [0.3, 0.4) is 0 Å². The van der Waals surface area contributed by atoms with Crippen LogP contribution in [-0.2, 0) is 15.8 Å². The molecule has 2 rings (SSSR count). The molecular formula is C20H28F3N5O3. The summed E-state index contributed by atoms with van der Waals surface area (Å²) in [5.74, 6) is -1.10. The number of hydrogen-bond donors (Lipinski definition) is 3. The van der Waals surface area contributed by atoms with Gasteiger partial charge in [-0.25, -0.2) is 4.79 Å². The van der Waals surface area contributed by atoms with E-state index in [0.717, 1.165) is 18.6 Å². The summed E-state index contributed by atoms with van der Waals surface area (Å²) in [7, 11) is 0. The lowest BCUT2D eigenvalue weighted by atomic mass is 10.1. The SMILES string of the molecule is CCCCN(C(=O)CNc1ccc(C(F)(F)F)cc1)C1C(=O)NC(=O)N(CCC)C1N. The van der Waals surface area contributed by atoms with Gasteiger partial charge in [0.1, 0.15) is 12.2 Å². The Morgan fingerprint density at radius 1 is 1.19 bits per heavy atom. The van der Waals surface area contributed by atoms with Crippen LogP contribution in [0.2, 0.25) is 0 Å². The van der Waals surface area contributed by atoms with Gasteiger partial charge in [-0.05, 0) is 37.1 Å². The van der Waals surface area contributed by atoms with Crippen molar-refractivity contribution in [3.63, 3.8) is 0 Å². The maximum absolute atomic E-state index is 12.9. The Morgan fingerprint density at radius 2 is 1.84 bits per heavy atom. The molecule has 2 atom stereocenters. The molecule has 0 bridgehead atoms. The van der Waals surface area contributed by atoms with Crippen LogP contribution in [0, 0.1) is 0 Å². The monoisotopic (exact) mass is 443 g/mol. The number of nitrogens with zero attached hydrogens (tertiary/aromatic N) is 2. The normalized spacial score (nSPS) is 19.2. The van der Waals surface area contributed by atoms with Crippen molar-refractivity contribution in [1.82, 2.24) is 15.1 Å². The summed E-state index contributed by atoms with van der Waals surface area (Å²) in [6.45, 7) is 4.13. The van der Waals surface area contributed by atoms with Crippen molar-refractivity contribution in [2.75, 3.05) is 25.0 Å². The van der Waals surface area contributed by atoms with Crippen LogP contribution in [0.4, 0.5) is 23.7 Å². The molecule has 31 heavy (non-hydrogen) atoms. The van der Waals surface area contributed by atoms with E-state index in [2.05, 4.69) is 10.6 Å². The zero-order chi connectivity index (χ0) is 23.2. The molecule has 11 heteroatoms. The minimum absolute atomic E-state index is 0.243. The van der Waals surface area contributed by atoms with E-state index in [-0.39, 0.29) is 13.1 Å². The summed E-state index contributed by atoms with van der Waals surface area (Å²) in [5, 5.41) is 5.03. The van der Waals surface area contributed by atoms with Gasteiger partial charge in [-0.2, -0.15) is 13.2 Å². The first-order valence-corrected chi connectivity index (χ1v) is 10.2. The maximum Gasteiger partial charge on any atom is 0.416 e. The second-order valence-electron chi connectivity index (χ2n) is 7.29. The smallest absolute Gasteiger partial charge is 0.376 e. The minimum Gasteiger partial charge on any atom is -0.376 e. The molecule has 1 saturated heterocycles. The second-order valence-corrected chi connectivity index (χ2v) is 7.29. The van der Waals surface area contributed by atoms with Gasteiger partial charge in [0.15, 0.2) is 0 Å². The number of alkyl halides is 3. The minimum atomic E-state index is -4.45. The van der Waals surface area contributed by atoms with Gasteiger partial charge < -0.3 is 20.9 Å². The van der Waals surface area contributed by atoms with Gasteiger partial charge in [0, 0.05) is 18.8 Å². The Hall–Kier alpha value is -2.82. The van der Waals surface area contributed by atoms with Crippen LogP contribution in [0.15, 0.2) is 24.3 Å². The number of halogens is 3. The lowest BCUT2D eigenvalue weighted by Crippen LogP contribution is -2.71. The molecule has 4 amide bonds. The standard InChI is InChI=1S/C20H28F3N5O3/c1-3-5-11-27(16-17(24)28(10-4-2)19(31)26-18(16)30)15(29)12-25-14-8-6-13(7-9-14)20(21,22)23/h6-9,16-17,25H,3-5,10-12,24H2,1-2H3,(H,26,30,31). The van der Waals surface area contributed by atoms with Gasteiger partial charge in [0.2, 0.25) is 5.91 Å². The predicted molar refractivity (Wildman–Crippen MR) is 109 cm³/mol. The number of nitrogens with one attached hydrogen (secondary N) is 2. The average molecular weight is 443 g/mol. The van der Waals surface area contributed by atoms with Crippen molar-refractivity contribution in [2.24, 2.45) is 5.73 Å². The number of unbranched alkanes of at least 4 members (excludes halogenated alkanes) is 1. The van der Waals surface area contributed by atoms with E-state index in [1.54, 1.807) is 0 Å². The lowest BCUT2D eigenvalue weighted by molar-refractivity contribution is -0.143. The Labute approximate surface area is 178 Å². The number of anilines is 1. The number of nitrogens with two attached hydrogens (primary N) is 1. The maximum atomic E-state index is 12.9.